The number of alkyl halides is 3. The van der Waals surface area contributed by atoms with E-state index in [4.69, 9.17) is 5.14 Å². The van der Waals surface area contributed by atoms with Crippen LogP contribution in [0.1, 0.15) is 11.3 Å². The second-order valence-electron chi connectivity index (χ2n) is 6.33. The molecule has 2 heterocycles. The molecule has 166 valence electrons. The topological polar surface area (TPSA) is 132 Å². The molecule has 0 saturated carbocycles. The van der Waals surface area contributed by atoms with Gasteiger partial charge in [-0.05, 0) is 54.6 Å². The lowest BCUT2D eigenvalue weighted by Gasteiger charge is -2.10. The largest absolute Gasteiger partial charge is 0.493 e. The summed E-state index contributed by atoms with van der Waals surface area (Å²) in [6.07, 6.45) is 2.60. The molecule has 31 heavy (non-hydrogen) atoms. The third-order valence-electron chi connectivity index (χ3n) is 4.18. The van der Waals surface area contributed by atoms with Crippen LogP contribution >= 0.6 is 11.8 Å². The van der Waals surface area contributed by atoms with Crippen molar-refractivity contribution in [3.8, 4) is 11.6 Å². The zero-order chi connectivity index (χ0) is 23.0. The maximum atomic E-state index is 12.9. The van der Waals surface area contributed by atoms with E-state index in [2.05, 4.69) is 9.71 Å². The van der Waals surface area contributed by atoms with Crippen molar-refractivity contribution in [1.82, 2.24) is 14.1 Å². The molecule has 3 aromatic rings. The summed E-state index contributed by atoms with van der Waals surface area (Å²) in [6, 6.07) is 6.39. The highest BCUT2D eigenvalue weighted by molar-refractivity contribution is 8.00. The number of pyridine rings is 1. The number of rotatable bonds is 6. The van der Waals surface area contributed by atoms with Crippen molar-refractivity contribution in [2.75, 3.05) is 4.72 Å². The van der Waals surface area contributed by atoms with Crippen molar-refractivity contribution in [2.24, 2.45) is 5.14 Å². The monoisotopic (exact) mass is 475 g/mol. The number of halogens is 3. The smallest absolute Gasteiger partial charge is 0.446 e. The van der Waals surface area contributed by atoms with Gasteiger partial charge in [0.2, 0.25) is 5.88 Å². The number of nitrogens with zero attached hydrogens (tertiary/aromatic N) is 3. The zero-order valence-corrected chi connectivity index (χ0v) is 17.4. The van der Waals surface area contributed by atoms with Crippen molar-refractivity contribution in [3.63, 3.8) is 0 Å². The van der Waals surface area contributed by atoms with Crippen LogP contribution in [0.25, 0.3) is 5.69 Å². The van der Waals surface area contributed by atoms with E-state index in [9.17, 15) is 31.5 Å². The van der Waals surface area contributed by atoms with Crippen LogP contribution in [0.4, 0.5) is 18.9 Å². The number of hydrogen-bond acceptors (Lipinski definition) is 6. The van der Waals surface area contributed by atoms with E-state index in [1.807, 2.05) is 0 Å². The summed E-state index contributed by atoms with van der Waals surface area (Å²) in [6.45, 7) is 1.34. The summed E-state index contributed by atoms with van der Waals surface area (Å²) in [5, 5.41) is 15.4. The third-order valence-corrected chi connectivity index (χ3v) is 5.43. The first-order chi connectivity index (χ1) is 14.4. The predicted molar refractivity (Wildman–Crippen MR) is 108 cm³/mol. The molecule has 0 amide bonds. The highest BCUT2D eigenvalue weighted by Crippen LogP contribution is 2.37. The quantitative estimate of drug-likeness (QED) is 0.469. The van der Waals surface area contributed by atoms with Gasteiger partial charge in [0.05, 0.1) is 29.8 Å². The first-order valence-electron chi connectivity index (χ1n) is 8.46. The van der Waals surface area contributed by atoms with Gasteiger partial charge in [-0.25, -0.2) is 14.5 Å². The van der Waals surface area contributed by atoms with Gasteiger partial charge in [0.25, 0.3) is 10.2 Å². The summed E-state index contributed by atoms with van der Waals surface area (Å²) in [5.74, 6) is -0.406. The molecular weight excluding hydrogens is 459 g/mol. The Morgan fingerprint density at radius 3 is 2.45 bits per heavy atom. The number of thioether (sulfide) groups is 1. The number of nitrogens with two attached hydrogens (primary N) is 1. The number of aromatic nitrogens is 3. The first-order valence-corrected chi connectivity index (χ1v) is 10.8. The van der Waals surface area contributed by atoms with Gasteiger partial charge in [-0.3, -0.25) is 14.3 Å². The van der Waals surface area contributed by atoms with Crippen LogP contribution in [0.2, 0.25) is 0 Å². The van der Waals surface area contributed by atoms with Gasteiger partial charge in [-0.2, -0.15) is 21.6 Å². The molecule has 4 N–H and O–H groups in total. The Balaban J connectivity index is 1.98. The fraction of sp³-hybridized carbons (Fsp3) is 0.176. The predicted octanol–water partition coefficient (Wildman–Crippen LogP) is 2.32. The van der Waals surface area contributed by atoms with Gasteiger partial charge in [0.1, 0.15) is 0 Å². The average Bonchev–Trinajstić information content (AvgIpc) is 2.85. The summed E-state index contributed by atoms with van der Waals surface area (Å²) in [5.41, 5.74) is -4.40. The van der Waals surface area contributed by atoms with Crippen LogP contribution in [-0.4, -0.2) is 33.2 Å². The maximum Gasteiger partial charge on any atom is 0.446 e. The normalized spacial score (nSPS) is 12.2. The van der Waals surface area contributed by atoms with E-state index in [0.717, 1.165) is 4.57 Å². The molecule has 0 fully saturated rings. The lowest BCUT2D eigenvalue weighted by atomic mass is 10.2. The molecule has 0 unspecified atom stereocenters. The van der Waals surface area contributed by atoms with Crippen LogP contribution in [0.15, 0.2) is 52.4 Å². The van der Waals surface area contributed by atoms with Gasteiger partial charge in [-0.1, -0.05) is 0 Å². The Morgan fingerprint density at radius 2 is 1.87 bits per heavy atom. The van der Waals surface area contributed by atoms with Crippen molar-refractivity contribution < 1.29 is 26.7 Å². The van der Waals surface area contributed by atoms with Crippen LogP contribution < -0.4 is 15.6 Å². The van der Waals surface area contributed by atoms with Crippen molar-refractivity contribution >= 4 is 27.7 Å². The van der Waals surface area contributed by atoms with Crippen LogP contribution in [0, 0.1) is 6.92 Å². The molecule has 0 aliphatic rings. The van der Waals surface area contributed by atoms with E-state index < -0.39 is 27.3 Å². The van der Waals surface area contributed by atoms with E-state index in [-0.39, 0.29) is 40.3 Å². The molecule has 2 aromatic heterocycles. The number of anilines is 1. The third kappa shape index (κ3) is 5.39. The second-order valence-corrected chi connectivity index (χ2v) is 8.77. The Kier molecular flexibility index (Phi) is 6.07. The van der Waals surface area contributed by atoms with Crippen molar-refractivity contribution in [2.45, 2.75) is 23.9 Å². The van der Waals surface area contributed by atoms with Gasteiger partial charge < -0.3 is 5.11 Å². The molecule has 0 saturated heterocycles. The average molecular weight is 475 g/mol. The van der Waals surface area contributed by atoms with E-state index in [1.54, 1.807) is 0 Å². The van der Waals surface area contributed by atoms with Crippen LogP contribution in [0.3, 0.4) is 0 Å². The molecule has 14 heteroatoms. The highest BCUT2D eigenvalue weighted by Gasteiger charge is 2.29. The molecule has 1 aromatic carbocycles. The number of hydrogen-bond donors (Lipinski definition) is 3. The molecule has 0 aliphatic heterocycles. The van der Waals surface area contributed by atoms with Gasteiger partial charge >= 0.3 is 11.2 Å². The minimum Gasteiger partial charge on any atom is -0.493 e. The Bertz CT molecular complexity index is 1270. The maximum absolute atomic E-state index is 12.9. The Morgan fingerprint density at radius 1 is 1.23 bits per heavy atom. The molecule has 3 rings (SSSR count). The molecular formula is C17H16F3N5O4S2. The summed E-state index contributed by atoms with van der Waals surface area (Å²) < 4.78 is 64.4. The summed E-state index contributed by atoms with van der Waals surface area (Å²) in [7, 11) is -4.09. The molecule has 0 bridgehead atoms. The van der Waals surface area contributed by atoms with E-state index >= 15 is 0 Å². The molecule has 9 nitrogen and oxygen atoms in total. The van der Waals surface area contributed by atoms with Crippen LogP contribution in [-0.2, 0) is 16.8 Å². The number of nitrogens with one attached hydrogen (secondary N) is 1. The first kappa shape index (κ1) is 22.7. The van der Waals surface area contributed by atoms with Gasteiger partial charge in [-0.15, -0.1) is 0 Å². The fourth-order valence-electron chi connectivity index (χ4n) is 2.83. The lowest BCUT2D eigenvalue weighted by Crippen LogP contribution is -2.26. The second kappa shape index (κ2) is 8.28. The zero-order valence-electron chi connectivity index (χ0n) is 15.8. The lowest BCUT2D eigenvalue weighted by molar-refractivity contribution is -0.0328. The van der Waals surface area contributed by atoms with E-state index in [0.29, 0.717) is 5.56 Å². The molecule has 0 spiro atoms. The summed E-state index contributed by atoms with van der Waals surface area (Å²) >= 11 is -0.298. The summed E-state index contributed by atoms with van der Waals surface area (Å²) in [4.78, 5) is 16.7. The molecule has 0 atom stereocenters. The van der Waals surface area contributed by atoms with Gasteiger partial charge in [0.15, 0.2) is 0 Å². The van der Waals surface area contributed by atoms with Gasteiger partial charge in [0, 0.05) is 11.1 Å². The minimum atomic E-state index is -4.45. The van der Waals surface area contributed by atoms with Crippen molar-refractivity contribution in [3.05, 3.63) is 64.5 Å². The SMILES string of the molecule is Cc1c(O)n(-c2ccc(SC(F)(F)F)cc2)c(=O)n1Cc1ccncc1NS(N)(=O)=O. The number of imidazole rings is 1. The highest BCUT2D eigenvalue weighted by atomic mass is 32.2. The number of aromatic hydroxyl groups is 1. The Labute approximate surface area is 178 Å². The fourth-order valence-corrected chi connectivity index (χ4v) is 3.86. The molecule has 0 radical (unpaired) electrons. The number of benzene rings is 1. The van der Waals surface area contributed by atoms with Crippen molar-refractivity contribution in [1.29, 1.82) is 0 Å². The Hall–Kier alpha value is -2.97. The van der Waals surface area contributed by atoms with E-state index in [1.165, 1.54) is 54.2 Å². The van der Waals surface area contributed by atoms with Crippen LogP contribution in [0.5, 0.6) is 5.88 Å². The molecule has 0 aliphatic carbocycles. The minimum absolute atomic E-state index is 0.0528. The standard InChI is InChI=1S/C17H16F3N5O4S2/c1-10-15(26)25(12-2-4-13(5-3-12)30-17(18,19)20)16(27)24(10)9-11-6-7-22-8-14(11)23-31(21,28)29/h2-8,23,26H,9H2,1H3,(H2,21,28,29).